The van der Waals surface area contributed by atoms with Gasteiger partial charge >= 0.3 is 0 Å². The summed E-state index contributed by atoms with van der Waals surface area (Å²) in [6.07, 6.45) is 43.8. The minimum Gasteiger partial charge on any atom is -0.326 e. The van der Waals surface area contributed by atoms with Crippen molar-refractivity contribution in [2.24, 2.45) is 0 Å². The Bertz CT molecular complexity index is 1590. The van der Waals surface area contributed by atoms with Gasteiger partial charge < -0.3 is 5.32 Å². The van der Waals surface area contributed by atoms with E-state index in [9.17, 15) is 4.79 Å². The van der Waals surface area contributed by atoms with E-state index in [0.29, 0.717) is 22.2 Å². The first kappa shape index (κ1) is 48.9. The smallest absolute Gasteiger partial charge is 0.224 e. The van der Waals surface area contributed by atoms with E-state index in [4.69, 9.17) is 23.2 Å². The van der Waals surface area contributed by atoms with Crippen LogP contribution in [0.3, 0.4) is 0 Å². The molecule has 1 N–H and O–H groups in total. The van der Waals surface area contributed by atoms with E-state index in [2.05, 4.69) is 184 Å². The van der Waals surface area contributed by atoms with Crippen LogP contribution in [0.1, 0.15) is 108 Å². The Labute approximate surface area is 333 Å². The second kappa shape index (κ2) is 30.4. The van der Waals surface area contributed by atoms with Crippen LogP contribution in [0.15, 0.2) is 172 Å². The molecule has 2 nitrogen and oxygen atoms in total. The number of benzene rings is 1. The number of rotatable bonds is 18. The molecule has 0 aliphatic rings. The third-order valence-corrected chi connectivity index (χ3v) is 8.19. The Morgan fingerprint density at radius 3 is 1.28 bits per heavy atom. The molecule has 0 saturated heterocycles. The molecule has 0 saturated carbocycles. The fraction of sp³-hybridized carbons (Fsp3) is 0.327. The molecule has 4 heteroatoms. The average Bonchev–Trinajstić information content (AvgIpc) is 3.08. The summed E-state index contributed by atoms with van der Waals surface area (Å²) < 4.78 is 0. The Morgan fingerprint density at radius 2 is 0.925 bits per heavy atom. The molecule has 1 aromatic carbocycles. The molecule has 0 bridgehead atoms. The van der Waals surface area contributed by atoms with Gasteiger partial charge in [0, 0.05) is 12.1 Å². The van der Waals surface area contributed by atoms with Crippen molar-refractivity contribution in [3.05, 3.63) is 182 Å². The monoisotopic (exact) mass is 753 g/mol. The van der Waals surface area contributed by atoms with Gasteiger partial charge in [-0.2, -0.15) is 0 Å². The van der Waals surface area contributed by atoms with Crippen LogP contribution in [0.25, 0.3) is 0 Å². The normalized spacial score (nSPS) is 13.8. The van der Waals surface area contributed by atoms with E-state index in [1.165, 1.54) is 44.6 Å². The van der Waals surface area contributed by atoms with Crippen LogP contribution in [-0.4, -0.2) is 5.91 Å². The second-order valence-corrected chi connectivity index (χ2v) is 14.5. The van der Waals surface area contributed by atoms with E-state index in [1.54, 1.807) is 25.1 Å². The van der Waals surface area contributed by atoms with Crippen molar-refractivity contribution < 1.29 is 4.79 Å². The van der Waals surface area contributed by atoms with Gasteiger partial charge in [-0.25, -0.2) is 0 Å². The van der Waals surface area contributed by atoms with E-state index in [0.717, 1.165) is 25.7 Å². The molecule has 286 valence electrons. The topological polar surface area (TPSA) is 29.1 Å². The summed E-state index contributed by atoms with van der Waals surface area (Å²) in [6.45, 7) is 23.3. The van der Waals surface area contributed by atoms with Crippen molar-refractivity contribution in [2.75, 3.05) is 5.32 Å². The molecule has 1 amide bonds. The number of nitrogens with one attached hydrogen (secondary N) is 1. The third kappa shape index (κ3) is 30.1. The molecule has 0 unspecified atom stereocenters. The molecule has 0 atom stereocenters. The van der Waals surface area contributed by atoms with Crippen LogP contribution in [0.4, 0.5) is 5.69 Å². The van der Waals surface area contributed by atoms with Crippen LogP contribution in [0.2, 0.25) is 10.0 Å². The summed E-state index contributed by atoms with van der Waals surface area (Å²) in [4.78, 5) is 11.0. The van der Waals surface area contributed by atoms with Gasteiger partial charge in [-0.15, -0.1) is 0 Å². The van der Waals surface area contributed by atoms with Gasteiger partial charge in [0.05, 0.1) is 10.0 Å². The molecule has 0 fully saturated rings. The highest BCUT2D eigenvalue weighted by atomic mass is 35.5. The molecule has 0 aliphatic heterocycles. The lowest BCUT2D eigenvalue weighted by molar-refractivity contribution is -0.115. The van der Waals surface area contributed by atoms with Gasteiger partial charge in [-0.3, -0.25) is 4.79 Å². The van der Waals surface area contributed by atoms with Gasteiger partial charge in [-0.05, 0) is 113 Å². The number of halogens is 2. The summed E-state index contributed by atoms with van der Waals surface area (Å²) in [6, 6.07) is 4.98. The van der Waals surface area contributed by atoms with Crippen LogP contribution in [0, 0.1) is 0 Å². The maximum atomic E-state index is 11.0. The molecular weight excluding hydrogens is 689 g/mol. The van der Waals surface area contributed by atoms with Crippen molar-refractivity contribution in [3.8, 4) is 0 Å². The van der Waals surface area contributed by atoms with E-state index < -0.39 is 0 Å². The molecule has 1 rings (SSSR count). The molecule has 0 radical (unpaired) electrons. The summed E-state index contributed by atoms with van der Waals surface area (Å²) in [7, 11) is 0. The maximum Gasteiger partial charge on any atom is 0.224 e. The largest absolute Gasteiger partial charge is 0.326 e. The number of anilines is 1. The Morgan fingerprint density at radius 1 is 0.547 bits per heavy atom. The average molecular weight is 755 g/mol. The summed E-state index contributed by atoms with van der Waals surface area (Å²) >= 11 is 11.5. The molecule has 1 aromatic rings. The van der Waals surface area contributed by atoms with Crippen molar-refractivity contribution >= 4 is 34.8 Å². The Hall–Kier alpha value is -4.11. The first-order chi connectivity index (χ1) is 25.1. The number of allylic oxidation sites excluding steroid dienone is 26. The molecule has 0 spiro atoms. The molecular formula is C49H65Cl2NO. The lowest BCUT2D eigenvalue weighted by Gasteiger charge is -2.04. The fourth-order valence-electron chi connectivity index (χ4n) is 4.24. The van der Waals surface area contributed by atoms with Crippen LogP contribution in [-0.2, 0) is 4.79 Å². The first-order valence-corrected chi connectivity index (χ1v) is 19.3. The summed E-state index contributed by atoms with van der Waals surface area (Å²) in [5, 5.41) is 3.60. The van der Waals surface area contributed by atoms with Gasteiger partial charge in [-0.1, -0.05) is 184 Å². The molecule has 0 heterocycles. The number of hydrogen-bond donors (Lipinski definition) is 1. The number of carbonyl (C=O) groups is 1. The summed E-state index contributed by atoms with van der Waals surface area (Å²) in [5.74, 6) is -0.0432. The first-order valence-electron chi connectivity index (χ1n) is 18.5. The van der Waals surface area contributed by atoms with Crippen LogP contribution in [0.5, 0.6) is 0 Å². The lowest BCUT2D eigenvalue weighted by Crippen LogP contribution is -2.09. The van der Waals surface area contributed by atoms with E-state index in [-0.39, 0.29) is 5.91 Å². The predicted octanol–water partition coefficient (Wildman–Crippen LogP) is 16.3. The van der Waals surface area contributed by atoms with Gasteiger partial charge in [0.15, 0.2) is 0 Å². The predicted molar refractivity (Wildman–Crippen MR) is 241 cm³/mol. The standard InChI is InChI=1S/C40H56.C9H9Cl2NO/c1-33(2)19-13-23-37(7)27-17-31-39(9)29-15-25-35(5)21-11-12-22-36(6)26-16-30-40(10)32-18-28-38(8)24-14-20-34(3)4;1-2-9(13)12-6-3-4-7(10)8(11)5-6/h11-12,15-22,25-32H,13-14,23-24H2,1-10H3;3-5H,2H2,1H3,(H,12,13)/b12-11+,25-15+,26-16+,31-17+,32-18+,35-21+,36-22+,37-27+,38-28+,39-29+,40-30+;. The number of amides is 1. The summed E-state index contributed by atoms with van der Waals surface area (Å²) in [5.41, 5.74) is 11.2. The highest BCUT2D eigenvalue weighted by Crippen LogP contribution is 2.25. The van der Waals surface area contributed by atoms with E-state index >= 15 is 0 Å². The number of hydrogen-bond acceptors (Lipinski definition) is 1. The Balaban J connectivity index is 0.00000173. The van der Waals surface area contributed by atoms with Gasteiger partial charge in [0.1, 0.15) is 0 Å². The maximum absolute atomic E-state index is 11.0. The number of carbonyl (C=O) groups excluding carboxylic acids is 1. The van der Waals surface area contributed by atoms with Crippen LogP contribution >= 0.6 is 23.2 Å². The van der Waals surface area contributed by atoms with E-state index in [1.807, 2.05) is 0 Å². The fourth-order valence-corrected chi connectivity index (χ4v) is 4.53. The third-order valence-electron chi connectivity index (χ3n) is 7.45. The van der Waals surface area contributed by atoms with Crippen LogP contribution < -0.4 is 5.32 Å². The van der Waals surface area contributed by atoms with Crippen molar-refractivity contribution in [1.82, 2.24) is 0 Å². The highest BCUT2D eigenvalue weighted by Gasteiger charge is 2.01. The van der Waals surface area contributed by atoms with Gasteiger partial charge in [0.25, 0.3) is 0 Å². The molecule has 0 aliphatic carbocycles. The van der Waals surface area contributed by atoms with Crippen molar-refractivity contribution in [3.63, 3.8) is 0 Å². The minimum absolute atomic E-state index is 0.0432. The van der Waals surface area contributed by atoms with Gasteiger partial charge in [0.2, 0.25) is 5.91 Å². The quantitative estimate of drug-likeness (QED) is 0.117. The zero-order valence-electron chi connectivity index (χ0n) is 34.3. The second-order valence-electron chi connectivity index (χ2n) is 13.7. The lowest BCUT2D eigenvalue weighted by atomic mass is 10.1. The van der Waals surface area contributed by atoms with Crippen molar-refractivity contribution in [2.45, 2.75) is 108 Å². The Kier molecular flexibility index (Phi) is 28.0. The molecule has 53 heavy (non-hydrogen) atoms. The van der Waals surface area contributed by atoms with Crippen molar-refractivity contribution in [1.29, 1.82) is 0 Å². The SMILES string of the molecule is CC(C)=CCC/C(C)=C/C=C/C(C)=C/C=C/C(C)=C/C=C/C=C(C)/C=C/C=C(C)/C=C/C=C(\C)CCC=C(C)C.CCC(=O)Nc1ccc(Cl)c(Cl)c1. The minimum atomic E-state index is -0.0432. The highest BCUT2D eigenvalue weighted by molar-refractivity contribution is 6.42. The zero-order valence-corrected chi connectivity index (χ0v) is 35.8. The molecule has 0 aromatic heterocycles. The zero-order chi connectivity index (χ0) is 40.0.